The molecule has 194 valence electrons. The standard InChI is InChI=1S/C25H31N3O8/c1-27(2)14-8-11(9-36-5)19(29)16-12(14)6-10-7-13-18(28(3)4)21(31)17(24(26)34)23(33)25(13,35)22(32)15(10)20(16)30/h8,10,13,18,29-30,33,35H,6-7,9H2,1-5H3,(H2,26,34)/t10-,13-,18-,25-/m0/s1. The van der Waals surface area contributed by atoms with Crippen LogP contribution in [0.5, 0.6) is 5.75 Å². The number of nitrogens with two attached hydrogens (primary N) is 1. The number of ketones is 2. The molecule has 11 heteroatoms. The number of phenols is 1. The molecule has 3 aliphatic rings. The van der Waals surface area contributed by atoms with Gasteiger partial charge in [-0.25, -0.2) is 0 Å². The van der Waals surface area contributed by atoms with Crippen molar-refractivity contribution in [1.29, 1.82) is 0 Å². The normalized spacial score (nSPS) is 27.7. The van der Waals surface area contributed by atoms with Crippen LogP contribution in [0.4, 0.5) is 5.69 Å². The fourth-order valence-electron chi connectivity index (χ4n) is 6.01. The first-order valence-corrected chi connectivity index (χ1v) is 11.5. The number of likely N-dealkylation sites (N-methyl/N-ethyl adjacent to an activating group) is 1. The number of methoxy groups -OCH3 is 1. The molecule has 4 atom stereocenters. The zero-order chi connectivity index (χ0) is 26.9. The lowest BCUT2D eigenvalue weighted by atomic mass is 9.57. The van der Waals surface area contributed by atoms with Crippen molar-refractivity contribution >= 4 is 28.9 Å². The maximum Gasteiger partial charge on any atom is 0.255 e. The van der Waals surface area contributed by atoms with Gasteiger partial charge in [0.2, 0.25) is 5.78 Å². The number of aromatic hydroxyl groups is 1. The van der Waals surface area contributed by atoms with Crippen molar-refractivity contribution in [2.24, 2.45) is 17.6 Å². The SMILES string of the molecule is COCc1cc(N(C)C)c2c(c1O)C(O)=C1C(=O)[C@]3(O)C(O)=C(C(N)=O)C(=O)[C@@H](N(C)C)[C@@H]3C[C@@H]1C2. The number of benzene rings is 1. The van der Waals surface area contributed by atoms with Crippen LogP contribution in [0.25, 0.3) is 5.76 Å². The summed E-state index contributed by atoms with van der Waals surface area (Å²) in [5, 5.41) is 44.9. The number of ether oxygens (including phenoxy) is 1. The number of phenolic OH excluding ortho intramolecular Hbond substituents is 1. The van der Waals surface area contributed by atoms with Crippen molar-refractivity contribution < 1.29 is 39.5 Å². The van der Waals surface area contributed by atoms with Gasteiger partial charge in [0.1, 0.15) is 22.8 Å². The number of Topliss-reactive ketones (excluding diaryl/α,β-unsaturated/α-hetero) is 2. The van der Waals surface area contributed by atoms with Gasteiger partial charge >= 0.3 is 0 Å². The molecule has 3 aliphatic carbocycles. The highest BCUT2D eigenvalue weighted by atomic mass is 16.5. The third-order valence-electron chi connectivity index (χ3n) is 7.56. The monoisotopic (exact) mass is 501 g/mol. The number of rotatable bonds is 5. The molecule has 1 amide bonds. The molecule has 1 saturated carbocycles. The summed E-state index contributed by atoms with van der Waals surface area (Å²) in [6.45, 7) is 0.0457. The zero-order valence-electron chi connectivity index (χ0n) is 20.8. The topological polar surface area (TPSA) is 174 Å². The van der Waals surface area contributed by atoms with E-state index in [1.54, 1.807) is 34.3 Å². The van der Waals surface area contributed by atoms with Gasteiger partial charge < -0.3 is 35.8 Å². The van der Waals surface area contributed by atoms with Crippen LogP contribution in [-0.2, 0) is 32.1 Å². The number of aliphatic hydroxyl groups excluding tert-OH is 2. The molecular formula is C25H31N3O8. The van der Waals surface area contributed by atoms with Gasteiger partial charge in [-0.3, -0.25) is 19.3 Å². The Labute approximate surface area is 208 Å². The van der Waals surface area contributed by atoms with Crippen LogP contribution in [0.1, 0.15) is 23.1 Å². The van der Waals surface area contributed by atoms with Crippen LogP contribution in [-0.4, -0.2) is 89.7 Å². The van der Waals surface area contributed by atoms with Gasteiger partial charge in [-0.15, -0.1) is 0 Å². The summed E-state index contributed by atoms with van der Waals surface area (Å²) in [6, 6.07) is 0.630. The van der Waals surface area contributed by atoms with Crippen molar-refractivity contribution in [2.75, 3.05) is 40.2 Å². The molecule has 1 fully saturated rings. The Morgan fingerprint density at radius 2 is 1.83 bits per heavy atom. The molecule has 0 saturated heterocycles. The minimum atomic E-state index is -2.66. The minimum Gasteiger partial charge on any atom is -0.508 e. The van der Waals surface area contributed by atoms with Crippen LogP contribution in [0.2, 0.25) is 0 Å². The lowest BCUT2D eigenvalue weighted by Gasteiger charge is -2.50. The molecule has 6 N–H and O–H groups in total. The van der Waals surface area contributed by atoms with Gasteiger partial charge in [-0.1, -0.05) is 0 Å². The van der Waals surface area contributed by atoms with E-state index in [2.05, 4.69) is 0 Å². The Bertz CT molecular complexity index is 1250. The van der Waals surface area contributed by atoms with Gasteiger partial charge in [-0.05, 0) is 44.5 Å². The van der Waals surface area contributed by atoms with E-state index in [1.165, 1.54) is 12.0 Å². The first kappa shape index (κ1) is 25.7. The van der Waals surface area contributed by atoms with Crippen molar-refractivity contribution in [3.63, 3.8) is 0 Å². The number of carbonyl (C=O) groups excluding carboxylic acids is 3. The molecule has 0 radical (unpaired) electrons. The van der Waals surface area contributed by atoms with Crippen molar-refractivity contribution in [2.45, 2.75) is 31.1 Å². The van der Waals surface area contributed by atoms with E-state index in [0.29, 0.717) is 16.8 Å². The van der Waals surface area contributed by atoms with E-state index in [9.17, 15) is 34.8 Å². The van der Waals surface area contributed by atoms with E-state index in [0.717, 1.165) is 0 Å². The molecule has 0 aliphatic heterocycles. The summed E-state index contributed by atoms with van der Waals surface area (Å²) in [5.74, 6) is -6.71. The lowest BCUT2D eigenvalue weighted by Crippen LogP contribution is -2.65. The number of hydrogen-bond donors (Lipinski definition) is 5. The van der Waals surface area contributed by atoms with E-state index in [-0.39, 0.29) is 36.3 Å². The molecule has 0 bridgehead atoms. The molecular weight excluding hydrogens is 470 g/mol. The summed E-state index contributed by atoms with van der Waals surface area (Å²) in [7, 11) is 8.19. The maximum atomic E-state index is 13.9. The molecule has 0 heterocycles. The summed E-state index contributed by atoms with van der Waals surface area (Å²) < 4.78 is 5.17. The fraction of sp³-hybridized carbons (Fsp3) is 0.480. The van der Waals surface area contributed by atoms with Crippen LogP contribution in [0.15, 0.2) is 23.0 Å². The number of anilines is 1. The highest BCUT2D eigenvalue weighted by Crippen LogP contribution is 2.54. The molecule has 0 spiro atoms. The Morgan fingerprint density at radius 1 is 1.19 bits per heavy atom. The Kier molecular flexibility index (Phi) is 6.14. The van der Waals surface area contributed by atoms with Crippen LogP contribution in [0, 0.1) is 11.8 Å². The summed E-state index contributed by atoms with van der Waals surface area (Å²) in [5.41, 5.74) is 3.40. The van der Waals surface area contributed by atoms with Gasteiger partial charge in [0.25, 0.3) is 5.91 Å². The third-order valence-corrected chi connectivity index (χ3v) is 7.56. The van der Waals surface area contributed by atoms with E-state index < -0.39 is 58.0 Å². The molecule has 0 unspecified atom stereocenters. The quantitative estimate of drug-likeness (QED) is 0.350. The van der Waals surface area contributed by atoms with Crippen LogP contribution >= 0.6 is 0 Å². The number of primary amides is 1. The number of amides is 1. The Balaban J connectivity index is 2.00. The second-order valence-corrected chi connectivity index (χ2v) is 10.0. The molecule has 36 heavy (non-hydrogen) atoms. The molecule has 1 aromatic carbocycles. The third kappa shape index (κ3) is 3.34. The summed E-state index contributed by atoms with van der Waals surface area (Å²) in [4.78, 5) is 42.3. The minimum absolute atomic E-state index is 0.0409. The smallest absolute Gasteiger partial charge is 0.255 e. The average molecular weight is 502 g/mol. The van der Waals surface area contributed by atoms with Crippen molar-refractivity contribution in [3.8, 4) is 5.75 Å². The lowest BCUT2D eigenvalue weighted by molar-refractivity contribution is -0.153. The Hall–Kier alpha value is -3.41. The highest BCUT2D eigenvalue weighted by molar-refractivity contribution is 6.24. The van der Waals surface area contributed by atoms with Crippen molar-refractivity contribution in [1.82, 2.24) is 4.90 Å². The number of fused-ring (bicyclic) bond motifs is 3. The second-order valence-electron chi connectivity index (χ2n) is 10.0. The van der Waals surface area contributed by atoms with Gasteiger partial charge in [0.15, 0.2) is 11.4 Å². The fourth-order valence-corrected chi connectivity index (χ4v) is 6.01. The predicted molar refractivity (Wildman–Crippen MR) is 129 cm³/mol. The molecule has 0 aromatic heterocycles. The number of aliphatic hydroxyl groups is 3. The largest absolute Gasteiger partial charge is 0.508 e. The summed E-state index contributed by atoms with van der Waals surface area (Å²) >= 11 is 0. The summed E-state index contributed by atoms with van der Waals surface area (Å²) in [6.07, 6.45) is 0.266. The molecule has 1 aromatic rings. The van der Waals surface area contributed by atoms with Crippen LogP contribution in [0.3, 0.4) is 0 Å². The number of carbonyl (C=O) groups is 3. The zero-order valence-corrected chi connectivity index (χ0v) is 20.8. The van der Waals surface area contributed by atoms with Gasteiger partial charge in [0, 0.05) is 43.9 Å². The first-order chi connectivity index (χ1) is 16.8. The maximum absolute atomic E-state index is 13.9. The number of hydrogen-bond acceptors (Lipinski definition) is 10. The molecule has 11 nitrogen and oxygen atoms in total. The number of nitrogens with zero attached hydrogens (tertiary/aromatic N) is 2. The van der Waals surface area contributed by atoms with Crippen molar-refractivity contribution in [3.05, 3.63) is 39.7 Å². The molecule has 4 rings (SSSR count). The first-order valence-electron chi connectivity index (χ1n) is 11.5. The van der Waals surface area contributed by atoms with E-state index in [1.807, 2.05) is 4.90 Å². The Morgan fingerprint density at radius 3 is 2.36 bits per heavy atom. The highest BCUT2D eigenvalue weighted by Gasteiger charge is 2.64. The van der Waals surface area contributed by atoms with E-state index in [4.69, 9.17) is 10.5 Å². The average Bonchev–Trinajstić information content (AvgIpc) is 2.77. The second kappa shape index (κ2) is 8.61. The van der Waals surface area contributed by atoms with Gasteiger partial charge in [-0.2, -0.15) is 0 Å². The van der Waals surface area contributed by atoms with Crippen LogP contribution < -0.4 is 10.6 Å². The predicted octanol–water partition coefficient (Wildman–Crippen LogP) is 0.176. The van der Waals surface area contributed by atoms with E-state index >= 15 is 0 Å². The van der Waals surface area contributed by atoms with Gasteiger partial charge in [0.05, 0.1) is 18.2 Å².